The number of amides is 2. The molecule has 0 radical (unpaired) electrons. The summed E-state index contributed by atoms with van der Waals surface area (Å²) in [6.45, 7) is 0.497. The molecule has 2 heterocycles. The van der Waals surface area contributed by atoms with Gasteiger partial charge >= 0.3 is 0 Å². The minimum absolute atomic E-state index is 0.0425. The van der Waals surface area contributed by atoms with Gasteiger partial charge in [0, 0.05) is 19.4 Å². The Morgan fingerprint density at radius 2 is 1.40 bits per heavy atom. The first-order valence-electron chi connectivity index (χ1n) is 8.84. The van der Waals surface area contributed by atoms with Crippen LogP contribution in [0.15, 0.2) is 60.7 Å². The van der Waals surface area contributed by atoms with Crippen LogP contribution < -0.4 is 0 Å². The van der Waals surface area contributed by atoms with Crippen molar-refractivity contribution in [3.63, 3.8) is 0 Å². The van der Waals surface area contributed by atoms with Gasteiger partial charge in [0.2, 0.25) is 11.8 Å². The number of epoxide rings is 1. The Balaban J connectivity index is 1.48. The summed E-state index contributed by atoms with van der Waals surface area (Å²) in [5.74, 6) is -0.0850. The van der Waals surface area contributed by atoms with Crippen molar-refractivity contribution in [1.29, 1.82) is 0 Å². The maximum Gasteiger partial charge on any atom is 0.229 e. The first kappa shape index (κ1) is 16.0. The average Bonchev–Trinajstić information content (AvgIpc) is 3.31. The molecule has 0 aliphatic carbocycles. The molecule has 0 aromatic heterocycles. The molecule has 2 aromatic rings. The molecule has 0 spiro atoms. The second kappa shape index (κ2) is 6.45. The number of rotatable bonds is 6. The smallest absolute Gasteiger partial charge is 0.229 e. The molecular weight excluding hydrogens is 314 g/mol. The minimum Gasteiger partial charge on any atom is -0.356 e. The van der Waals surface area contributed by atoms with Crippen LogP contribution in [0.4, 0.5) is 0 Å². The predicted octanol–water partition coefficient (Wildman–Crippen LogP) is 3.26. The van der Waals surface area contributed by atoms with E-state index in [1.807, 2.05) is 36.4 Å². The number of hydrogen-bond acceptors (Lipinski definition) is 3. The number of hydrogen-bond donors (Lipinski definition) is 0. The van der Waals surface area contributed by atoms with E-state index in [4.69, 9.17) is 4.74 Å². The molecule has 128 valence electrons. The first-order chi connectivity index (χ1) is 12.2. The second-order valence-corrected chi connectivity index (χ2v) is 6.66. The molecule has 2 aliphatic heterocycles. The molecule has 2 saturated heterocycles. The summed E-state index contributed by atoms with van der Waals surface area (Å²) in [5, 5.41) is 0. The van der Waals surface area contributed by atoms with E-state index in [2.05, 4.69) is 24.3 Å². The highest BCUT2D eigenvalue weighted by Gasteiger charge is 2.58. The third kappa shape index (κ3) is 2.87. The van der Waals surface area contributed by atoms with Gasteiger partial charge in [-0.1, -0.05) is 60.7 Å². The van der Waals surface area contributed by atoms with Crippen LogP contribution in [-0.4, -0.2) is 29.4 Å². The summed E-state index contributed by atoms with van der Waals surface area (Å²) >= 11 is 0. The maximum absolute atomic E-state index is 11.7. The van der Waals surface area contributed by atoms with Crippen LogP contribution in [0.5, 0.6) is 0 Å². The normalized spacial score (nSPS) is 21.6. The van der Waals surface area contributed by atoms with Crippen molar-refractivity contribution in [3.05, 3.63) is 71.8 Å². The lowest BCUT2D eigenvalue weighted by Crippen LogP contribution is -2.30. The highest BCUT2D eigenvalue weighted by atomic mass is 16.6. The molecule has 0 saturated carbocycles. The van der Waals surface area contributed by atoms with E-state index in [-0.39, 0.29) is 17.9 Å². The fraction of sp³-hybridized carbons (Fsp3) is 0.333. The van der Waals surface area contributed by atoms with Crippen molar-refractivity contribution in [2.45, 2.75) is 37.4 Å². The zero-order valence-corrected chi connectivity index (χ0v) is 14.1. The SMILES string of the molecule is O=C1CCC(=O)N1CCCC1OC1(c1ccccc1)c1ccccc1. The van der Waals surface area contributed by atoms with E-state index >= 15 is 0 Å². The Kier molecular flexibility index (Phi) is 4.14. The molecule has 2 aromatic carbocycles. The predicted molar refractivity (Wildman–Crippen MR) is 93.7 cm³/mol. The summed E-state index contributed by atoms with van der Waals surface area (Å²) in [4.78, 5) is 24.8. The molecule has 1 unspecified atom stereocenters. The number of carbonyl (C=O) groups excluding carboxylic acids is 2. The Bertz CT molecular complexity index is 717. The average molecular weight is 335 g/mol. The third-order valence-electron chi connectivity index (χ3n) is 5.13. The van der Waals surface area contributed by atoms with Crippen LogP contribution in [0.2, 0.25) is 0 Å². The standard InChI is InChI=1S/C21H21NO3/c23-19-13-14-20(24)22(19)15-7-12-18-21(25-18,16-8-3-1-4-9-16)17-10-5-2-6-11-17/h1-6,8-11,18H,7,12-15H2. The lowest BCUT2D eigenvalue weighted by Gasteiger charge is -2.15. The molecule has 25 heavy (non-hydrogen) atoms. The Labute approximate surface area is 147 Å². The quantitative estimate of drug-likeness (QED) is 0.601. The highest BCUT2D eigenvalue weighted by Crippen LogP contribution is 2.53. The number of nitrogens with zero attached hydrogens (tertiary/aromatic N) is 1. The fourth-order valence-corrected chi connectivity index (χ4v) is 3.81. The molecule has 2 fully saturated rings. The van der Waals surface area contributed by atoms with Gasteiger partial charge in [-0.15, -0.1) is 0 Å². The van der Waals surface area contributed by atoms with E-state index in [9.17, 15) is 9.59 Å². The number of ether oxygens (including phenoxy) is 1. The molecule has 4 rings (SSSR count). The van der Waals surface area contributed by atoms with Gasteiger partial charge in [0.1, 0.15) is 5.60 Å². The third-order valence-corrected chi connectivity index (χ3v) is 5.13. The summed E-state index contributed by atoms with van der Waals surface area (Å²) in [6, 6.07) is 20.5. The first-order valence-corrected chi connectivity index (χ1v) is 8.84. The molecule has 2 amide bonds. The lowest BCUT2D eigenvalue weighted by atomic mass is 9.86. The monoisotopic (exact) mass is 335 g/mol. The van der Waals surface area contributed by atoms with Gasteiger partial charge < -0.3 is 4.74 Å². The molecule has 2 aliphatic rings. The summed E-state index contributed by atoms with van der Waals surface area (Å²) < 4.78 is 6.21. The van der Waals surface area contributed by atoms with Crippen molar-refractivity contribution < 1.29 is 14.3 Å². The van der Waals surface area contributed by atoms with Gasteiger partial charge in [0.15, 0.2) is 0 Å². The van der Waals surface area contributed by atoms with E-state index in [0.29, 0.717) is 19.4 Å². The van der Waals surface area contributed by atoms with Crippen LogP contribution in [0.25, 0.3) is 0 Å². The second-order valence-electron chi connectivity index (χ2n) is 6.66. The number of likely N-dealkylation sites (tertiary alicyclic amines) is 1. The zero-order chi connectivity index (χ0) is 17.3. The van der Waals surface area contributed by atoms with Crippen LogP contribution >= 0.6 is 0 Å². The van der Waals surface area contributed by atoms with Gasteiger partial charge in [-0.05, 0) is 24.0 Å². The van der Waals surface area contributed by atoms with Crippen LogP contribution in [0, 0.1) is 0 Å². The summed E-state index contributed by atoms with van der Waals surface area (Å²) in [6.07, 6.45) is 2.38. The van der Waals surface area contributed by atoms with E-state index in [1.54, 1.807) is 0 Å². The molecule has 4 heteroatoms. The largest absolute Gasteiger partial charge is 0.356 e. The maximum atomic E-state index is 11.7. The molecular formula is C21H21NO3. The molecule has 1 atom stereocenters. The van der Waals surface area contributed by atoms with Crippen LogP contribution in [0.3, 0.4) is 0 Å². The number of benzene rings is 2. The van der Waals surface area contributed by atoms with Gasteiger partial charge in [0.25, 0.3) is 0 Å². The van der Waals surface area contributed by atoms with Crippen molar-refractivity contribution in [3.8, 4) is 0 Å². The highest BCUT2D eigenvalue weighted by molar-refractivity contribution is 6.01. The van der Waals surface area contributed by atoms with Crippen molar-refractivity contribution in [2.75, 3.05) is 6.54 Å². The van der Waals surface area contributed by atoms with Gasteiger partial charge in [-0.25, -0.2) is 0 Å². The van der Waals surface area contributed by atoms with Gasteiger partial charge in [-0.2, -0.15) is 0 Å². The molecule has 0 bridgehead atoms. The van der Waals surface area contributed by atoms with Gasteiger partial charge in [0.05, 0.1) is 6.10 Å². The van der Waals surface area contributed by atoms with E-state index in [0.717, 1.165) is 24.0 Å². The zero-order valence-electron chi connectivity index (χ0n) is 14.1. The fourth-order valence-electron chi connectivity index (χ4n) is 3.81. The summed E-state index contributed by atoms with van der Waals surface area (Å²) in [5.41, 5.74) is 1.90. The van der Waals surface area contributed by atoms with Crippen molar-refractivity contribution in [2.24, 2.45) is 0 Å². The van der Waals surface area contributed by atoms with E-state index in [1.165, 1.54) is 4.90 Å². The number of carbonyl (C=O) groups is 2. The molecule has 0 N–H and O–H groups in total. The van der Waals surface area contributed by atoms with Crippen LogP contribution in [-0.2, 0) is 19.9 Å². The van der Waals surface area contributed by atoms with E-state index < -0.39 is 5.60 Å². The van der Waals surface area contributed by atoms with Crippen LogP contribution in [0.1, 0.15) is 36.8 Å². The minimum atomic E-state index is -0.401. The summed E-state index contributed by atoms with van der Waals surface area (Å²) in [7, 11) is 0. The van der Waals surface area contributed by atoms with Crippen molar-refractivity contribution >= 4 is 11.8 Å². The Morgan fingerprint density at radius 3 is 1.92 bits per heavy atom. The number of imide groups is 1. The Morgan fingerprint density at radius 1 is 0.880 bits per heavy atom. The Hall–Kier alpha value is -2.46. The lowest BCUT2D eigenvalue weighted by molar-refractivity contribution is -0.138. The van der Waals surface area contributed by atoms with Crippen molar-refractivity contribution in [1.82, 2.24) is 4.90 Å². The topological polar surface area (TPSA) is 49.9 Å². The molecule has 4 nitrogen and oxygen atoms in total. The van der Waals surface area contributed by atoms with Gasteiger partial charge in [-0.3, -0.25) is 14.5 Å².